The Morgan fingerprint density at radius 2 is 1.40 bits per heavy atom. The van der Waals surface area contributed by atoms with Crippen molar-refractivity contribution in [3.05, 3.63) is 0 Å². The first-order valence-corrected chi connectivity index (χ1v) is 3.57. The minimum absolute atomic E-state index is 0.316. The molecule has 3 nitrogen and oxygen atoms in total. The molecule has 0 rings (SSSR count). The van der Waals surface area contributed by atoms with Crippen molar-refractivity contribution in [3.8, 4) is 0 Å². The van der Waals surface area contributed by atoms with E-state index in [4.69, 9.17) is 10.2 Å². The van der Waals surface area contributed by atoms with Gasteiger partial charge in [-0.2, -0.15) is 0 Å². The summed E-state index contributed by atoms with van der Waals surface area (Å²) in [4.78, 5) is 1.90. The zero-order chi connectivity index (χ0) is 8.15. The van der Waals surface area contributed by atoms with Crippen LogP contribution in [0, 0.1) is 0 Å². The zero-order valence-electron chi connectivity index (χ0n) is 6.91. The molecule has 0 aliphatic carbocycles. The number of rotatable bonds is 4. The fourth-order valence-corrected chi connectivity index (χ4v) is 0.977. The van der Waals surface area contributed by atoms with Gasteiger partial charge in [0.05, 0.1) is 12.2 Å². The van der Waals surface area contributed by atoms with Gasteiger partial charge < -0.3 is 15.1 Å². The predicted molar refractivity (Wildman–Crippen MR) is 40.9 cm³/mol. The van der Waals surface area contributed by atoms with Gasteiger partial charge in [-0.15, -0.1) is 0 Å². The first kappa shape index (κ1) is 9.88. The lowest BCUT2D eigenvalue weighted by Crippen LogP contribution is -2.32. The Morgan fingerprint density at radius 1 is 1.10 bits per heavy atom. The highest BCUT2D eigenvalue weighted by atomic mass is 16.3. The fraction of sp³-hybridized carbons (Fsp3) is 1.00. The number of hydrogen-bond donors (Lipinski definition) is 2. The van der Waals surface area contributed by atoms with Crippen molar-refractivity contribution in [3.63, 3.8) is 0 Å². The van der Waals surface area contributed by atoms with Crippen LogP contribution >= 0.6 is 0 Å². The van der Waals surface area contributed by atoms with E-state index < -0.39 is 0 Å². The van der Waals surface area contributed by atoms with Crippen LogP contribution in [0.3, 0.4) is 0 Å². The molecule has 0 radical (unpaired) electrons. The van der Waals surface area contributed by atoms with Gasteiger partial charge in [-0.25, -0.2) is 0 Å². The van der Waals surface area contributed by atoms with Crippen LogP contribution in [0.1, 0.15) is 13.8 Å². The quantitative estimate of drug-likeness (QED) is 0.573. The van der Waals surface area contributed by atoms with E-state index in [9.17, 15) is 0 Å². The van der Waals surface area contributed by atoms with Gasteiger partial charge in [0.1, 0.15) is 0 Å². The summed E-state index contributed by atoms with van der Waals surface area (Å²) in [6.45, 7) is 4.70. The molecule has 0 aliphatic rings. The number of hydrogen-bond acceptors (Lipinski definition) is 3. The Labute approximate surface area is 62.3 Å². The molecule has 10 heavy (non-hydrogen) atoms. The minimum Gasteiger partial charge on any atom is -0.392 e. The smallest absolute Gasteiger partial charge is 0.0638 e. The second-order valence-corrected chi connectivity index (χ2v) is 2.92. The van der Waals surface area contributed by atoms with Gasteiger partial charge in [-0.3, -0.25) is 0 Å². The molecule has 0 bridgehead atoms. The van der Waals surface area contributed by atoms with E-state index in [0.717, 1.165) is 0 Å². The minimum atomic E-state index is -0.316. The third kappa shape index (κ3) is 6.01. The van der Waals surface area contributed by atoms with Crippen LogP contribution in [-0.2, 0) is 0 Å². The molecule has 3 heteroatoms. The summed E-state index contributed by atoms with van der Waals surface area (Å²) in [6.07, 6.45) is -0.632. The first-order valence-electron chi connectivity index (χ1n) is 3.57. The maximum absolute atomic E-state index is 8.91. The number of nitrogens with zero attached hydrogens (tertiary/aromatic N) is 1. The fourth-order valence-electron chi connectivity index (χ4n) is 0.977. The predicted octanol–water partition coefficient (Wildman–Crippen LogP) is -0.320. The summed E-state index contributed by atoms with van der Waals surface area (Å²) in [5, 5.41) is 17.8. The maximum atomic E-state index is 8.91. The van der Waals surface area contributed by atoms with Gasteiger partial charge >= 0.3 is 0 Å². The molecule has 0 aromatic rings. The van der Waals surface area contributed by atoms with Crippen LogP contribution in [0.2, 0.25) is 0 Å². The topological polar surface area (TPSA) is 43.7 Å². The third-order valence-electron chi connectivity index (χ3n) is 1.15. The van der Waals surface area contributed by atoms with E-state index in [1.807, 2.05) is 11.9 Å². The molecule has 0 saturated heterocycles. The van der Waals surface area contributed by atoms with Gasteiger partial charge in [-0.1, -0.05) is 0 Å². The van der Waals surface area contributed by atoms with Gasteiger partial charge in [0.15, 0.2) is 0 Å². The molecule has 0 heterocycles. The van der Waals surface area contributed by atoms with Crippen molar-refractivity contribution in [2.75, 3.05) is 20.1 Å². The molecule has 0 unspecified atom stereocenters. The van der Waals surface area contributed by atoms with E-state index in [-0.39, 0.29) is 12.2 Å². The second kappa shape index (κ2) is 4.66. The lowest BCUT2D eigenvalue weighted by molar-refractivity contribution is 0.0990. The highest BCUT2D eigenvalue weighted by molar-refractivity contribution is 4.58. The van der Waals surface area contributed by atoms with Crippen LogP contribution in [0.5, 0.6) is 0 Å². The van der Waals surface area contributed by atoms with E-state index >= 15 is 0 Å². The summed E-state index contributed by atoms with van der Waals surface area (Å²) < 4.78 is 0. The van der Waals surface area contributed by atoms with Crippen LogP contribution < -0.4 is 0 Å². The van der Waals surface area contributed by atoms with Crippen molar-refractivity contribution >= 4 is 0 Å². The Morgan fingerprint density at radius 3 is 1.60 bits per heavy atom. The molecule has 2 N–H and O–H groups in total. The Hall–Kier alpha value is -0.120. The van der Waals surface area contributed by atoms with Gasteiger partial charge in [0.2, 0.25) is 0 Å². The molecule has 62 valence electrons. The van der Waals surface area contributed by atoms with Crippen LogP contribution in [0.4, 0.5) is 0 Å². The van der Waals surface area contributed by atoms with Crippen molar-refractivity contribution in [1.82, 2.24) is 4.90 Å². The summed E-state index contributed by atoms with van der Waals surface area (Å²) in [5.41, 5.74) is 0. The maximum Gasteiger partial charge on any atom is 0.0638 e. The van der Waals surface area contributed by atoms with Gasteiger partial charge in [0, 0.05) is 13.1 Å². The second-order valence-electron chi connectivity index (χ2n) is 2.92. The monoisotopic (exact) mass is 147 g/mol. The average Bonchev–Trinajstić information content (AvgIpc) is 1.58. The summed E-state index contributed by atoms with van der Waals surface area (Å²) in [7, 11) is 1.87. The van der Waals surface area contributed by atoms with Gasteiger partial charge in [-0.05, 0) is 20.9 Å². The lowest BCUT2D eigenvalue weighted by Gasteiger charge is -2.19. The zero-order valence-corrected chi connectivity index (χ0v) is 6.91. The molecule has 0 fully saturated rings. The summed E-state index contributed by atoms with van der Waals surface area (Å²) in [5.74, 6) is 0. The van der Waals surface area contributed by atoms with Crippen molar-refractivity contribution in [2.45, 2.75) is 26.1 Å². The van der Waals surface area contributed by atoms with E-state index in [1.54, 1.807) is 13.8 Å². The van der Waals surface area contributed by atoms with E-state index in [1.165, 1.54) is 0 Å². The Bertz CT molecular complexity index is 73.7. The highest BCUT2D eigenvalue weighted by Gasteiger charge is 2.04. The number of likely N-dealkylation sites (N-methyl/N-ethyl adjacent to an activating group) is 1. The Kier molecular flexibility index (Phi) is 4.60. The molecular formula is C7H17NO2. The van der Waals surface area contributed by atoms with Crippen molar-refractivity contribution in [2.24, 2.45) is 0 Å². The molecule has 0 aliphatic heterocycles. The SMILES string of the molecule is C[C@@H](O)CN(C)C[C@@H](C)O. The summed E-state index contributed by atoms with van der Waals surface area (Å²) >= 11 is 0. The normalized spacial score (nSPS) is 17.4. The first-order chi connectivity index (χ1) is 4.52. The molecule has 2 atom stereocenters. The molecule has 0 saturated carbocycles. The van der Waals surface area contributed by atoms with Crippen LogP contribution in [-0.4, -0.2) is 47.5 Å². The van der Waals surface area contributed by atoms with Crippen LogP contribution in [0.25, 0.3) is 0 Å². The number of aliphatic hydroxyl groups is 2. The summed E-state index contributed by atoms with van der Waals surface area (Å²) in [6, 6.07) is 0. The Balaban J connectivity index is 3.34. The van der Waals surface area contributed by atoms with E-state index in [2.05, 4.69) is 0 Å². The number of aliphatic hydroxyl groups excluding tert-OH is 2. The van der Waals surface area contributed by atoms with Crippen molar-refractivity contribution in [1.29, 1.82) is 0 Å². The highest BCUT2D eigenvalue weighted by Crippen LogP contribution is 1.90. The molecule has 0 spiro atoms. The molecule has 0 amide bonds. The largest absolute Gasteiger partial charge is 0.392 e. The molecule has 0 aromatic carbocycles. The molecule has 0 aromatic heterocycles. The third-order valence-corrected chi connectivity index (χ3v) is 1.15. The average molecular weight is 147 g/mol. The molecular weight excluding hydrogens is 130 g/mol. The van der Waals surface area contributed by atoms with E-state index in [0.29, 0.717) is 13.1 Å². The van der Waals surface area contributed by atoms with Crippen molar-refractivity contribution < 1.29 is 10.2 Å². The standard InChI is InChI=1S/C7H17NO2/c1-6(9)4-8(3)5-7(2)10/h6-7,9-10H,4-5H2,1-3H3/t6-,7-/m1/s1. The van der Waals surface area contributed by atoms with Crippen LogP contribution in [0.15, 0.2) is 0 Å². The van der Waals surface area contributed by atoms with Gasteiger partial charge in [0.25, 0.3) is 0 Å². The lowest BCUT2D eigenvalue weighted by atomic mass is 10.3.